The van der Waals surface area contributed by atoms with Crippen LogP contribution in [-0.2, 0) is 6.42 Å². The van der Waals surface area contributed by atoms with Crippen LogP contribution < -0.4 is 10.1 Å². The standard InChI is InChI=1S/C22H19F3N2O/c23-22(24,25)28-16-8-9-17-14(11-16)7-10-19(17)27-21-20(13-5-6-13)18-4-2-1-3-15(18)12-26-21/h1-4,8-9,11-13,19H,5-7,10H2,(H,26,27). The molecule has 1 unspecified atom stereocenters. The predicted molar refractivity (Wildman–Crippen MR) is 102 cm³/mol. The fourth-order valence-electron chi connectivity index (χ4n) is 4.19. The zero-order valence-corrected chi connectivity index (χ0v) is 15.1. The van der Waals surface area contributed by atoms with Crippen molar-refractivity contribution in [1.29, 1.82) is 0 Å². The van der Waals surface area contributed by atoms with Gasteiger partial charge < -0.3 is 10.1 Å². The summed E-state index contributed by atoms with van der Waals surface area (Å²) < 4.78 is 41.5. The molecule has 2 aliphatic rings. The molecule has 144 valence electrons. The molecule has 0 amide bonds. The summed E-state index contributed by atoms with van der Waals surface area (Å²) in [4.78, 5) is 4.69. The van der Waals surface area contributed by atoms with E-state index in [1.54, 1.807) is 6.07 Å². The predicted octanol–water partition coefficient (Wildman–Crippen LogP) is 6.11. The van der Waals surface area contributed by atoms with Gasteiger partial charge in [-0.3, -0.25) is 0 Å². The molecule has 0 saturated heterocycles. The molecule has 3 aromatic rings. The first-order valence-corrected chi connectivity index (χ1v) is 9.51. The summed E-state index contributed by atoms with van der Waals surface area (Å²) in [6.07, 6.45) is 1.10. The van der Waals surface area contributed by atoms with E-state index >= 15 is 0 Å². The summed E-state index contributed by atoms with van der Waals surface area (Å²) in [5.74, 6) is 1.27. The third-order valence-corrected chi connectivity index (χ3v) is 5.56. The van der Waals surface area contributed by atoms with Crippen LogP contribution in [-0.4, -0.2) is 11.3 Å². The van der Waals surface area contributed by atoms with Gasteiger partial charge in [0.15, 0.2) is 0 Å². The zero-order chi connectivity index (χ0) is 19.3. The van der Waals surface area contributed by atoms with Gasteiger partial charge in [-0.25, -0.2) is 4.98 Å². The fraction of sp³-hybridized carbons (Fsp3) is 0.318. The molecule has 2 aliphatic carbocycles. The van der Waals surface area contributed by atoms with Crippen LogP contribution in [0.4, 0.5) is 19.0 Å². The maximum absolute atomic E-state index is 12.5. The van der Waals surface area contributed by atoms with Gasteiger partial charge in [0.05, 0.1) is 6.04 Å². The SMILES string of the molecule is FC(F)(F)Oc1ccc2c(c1)CCC2Nc1ncc2ccccc2c1C1CC1. The molecule has 1 heterocycles. The van der Waals surface area contributed by atoms with Gasteiger partial charge >= 0.3 is 6.36 Å². The molecule has 6 heteroatoms. The highest BCUT2D eigenvalue weighted by molar-refractivity contribution is 5.89. The Balaban J connectivity index is 1.45. The number of nitrogens with one attached hydrogen (secondary N) is 1. The summed E-state index contributed by atoms with van der Waals surface area (Å²) in [6.45, 7) is 0. The number of alkyl halides is 3. The maximum Gasteiger partial charge on any atom is 0.573 e. The number of aromatic nitrogens is 1. The molecule has 0 bridgehead atoms. The van der Waals surface area contributed by atoms with Crippen molar-refractivity contribution in [2.24, 2.45) is 0 Å². The van der Waals surface area contributed by atoms with E-state index in [0.29, 0.717) is 12.3 Å². The number of aryl methyl sites for hydroxylation is 1. The molecular weight excluding hydrogens is 365 g/mol. The summed E-state index contributed by atoms with van der Waals surface area (Å²) in [6, 6.07) is 12.9. The molecule has 3 nitrogen and oxygen atoms in total. The molecule has 0 spiro atoms. The molecule has 0 aliphatic heterocycles. The number of hydrogen-bond donors (Lipinski definition) is 1. The third-order valence-electron chi connectivity index (χ3n) is 5.56. The van der Waals surface area contributed by atoms with Crippen LogP contribution in [0.25, 0.3) is 10.8 Å². The van der Waals surface area contributed by atoms with Gasteiger partial charge in [0, 0.05) is 17.1 Å². The van der Waals surface area contributed by atoms with Crippen LogP contribution >= 0.6 is 0 Å². The molecule has 2 aromatic carbocycles. The van der Waals surface area contributed by atoms with Crippen LogP contribution in [0.3, 0.4) is 0 Å². The van der Waals surface area contributed by atoms with Crippen LogP contribution in [0.15, 0.2) is 48.7 Å². The minimum Gasteiger partial charge on any atom is -0.406 e. The normalized spacial score (nSPS) is 18.9. The van der Waals surface area contributed by atoms with Gasteiger partial charge in [-0.2, -0.15) is 0 Å². The van der Waals surface area contributed by atoms with E-state index in [4.69, 9.17) is 0 Å². The largest absolute Gasteiger partial charge is 0.573 e. The minimum atomic E-state index is -4.67. The minimum absolute atomic E-state index is 0.0427. The first kappa shape index (κ1) is 17.3. The second-order valence-electron chi connectivity index (χ2n) is 7.53. The van der Waals surface area contributed by atoms with Crippen LogP contribution in [0.5, 0.6) is 5.75 Å². The van der Waals surface area contributed by atoms with Crippen molar-refractivity contribution < 1.29 is 17.9 Å². The molecular formula is C22H19F3N2O. The van der Waals surface area contributed by atoms with E-state index < -0.39 is 6.36 Å². The average molecular weight is 384 g/mol. The number of rotatable bonds is 4. The molecule has 1 N–H and O–H groups in total. The Morgan fingerprint density at radius 3 is 2.64 bits per heavy atom. The van der Waals surface area contributed by atoms with Gasteiger partial charge in [-0.05, 0) is 60.2 Å². The molecule has 1 saturated carbocycles. The number of anilines is 1. The van der Waals surface area contributed by atoms with E-state index in [-0.39, 0.29) is 11.8 Å². The van der Waals surface area contributed by atoms with Gasteiger partial charge in [-0.1, -0.05) is 30.3 Å². The lowest BCUT2D eigenvalue weighted by molar-refractivity contribution is -0.274. The smallest absolute Gasteiger partial charge is 0.406 e. The second-order valence-corrected chi connectivity index (χ2v) is 7.53. The highest BCUT2D eigenvalue weighted by Gasteiger charge is 2.33. The lowest BCUT2D eigenvalue weighted by Crippen LogP contribution is -2.17. The quantitative estimate of drug-likeness (QED) is 0.589. The number of halogens is 3. The molecule has 28 heavy (non-hydrogen) atoms. The van der Waals surface area contributed by atoms with Crippen molar-refractivity contribution >= 4 is 16.6 Å². The Bertz CT molecular complexity index is 1040. The molecule has 1 fully saturated rings. The van der Waals surface area contributed by atoms with E-state index in [2.05, 4.69) is 27.2 Å². The number of fused-ring (bicyclic) bond motifs is 2. The van der Waals surface area contributed by atoms with Crippen molar-refractivity contribution in [2.75, 3.05) is 5.32 Å². The maximum atomic E-state index is 12.5. The fourth-order valence-corrected chi connectivity index (χ4v) is 4.19. The number of benzene rings is 2. The van der Waals surface area contributed by atoms with E-state index in [1.807, 2.05) is 18.3 Å². The number of hydrogen-bond acceptors (Lipinski definition) is 3. The van der Waals surface area contributed by atoms with Crippen molar-refractivity contribution in [3.8, 4) is 5.75 Å². The molecule has 0 radical (unpaired) electrons. The third kappa shape index (κ3) is 3.28. The first-order chi connectivity index (χ1) is 13.5. The number of pyridine rings is 1. The van der Waals surface area contributed by atoms with Crippen molar-refractivity contribution in [2.45, 2.75) is 44.0 Å². The topological polar surface area (TPSA) is 34.1 Å². The molecule has 1 atom stereocenters. The second kappa shape index (κ2) is 6.40. The first-order valence-electron chi connectivity index (χ1n) is 9.51. The summed E-state index contributed by atoms with van der Waals surface area (Å²) in [7, 11) is 0. The van der Waals surface area contributed by atoms with Gasteiger partial charge in [0.2, 0.25) is 0 Å². The van der Waals surface area contributed by atoms with Gasteiger partial charge in [0.1, 0.15) is 11.6 Å². The summed E-state index contributed by atoms with van der Waals surface area (Å²) in [5.41, 5.74) is 3.18. The van der Waals surface area contributed by atoms with Crippen molar-refractivity contribution in [1.82, 2.24) is 4.98 Å². The lowest BCUT2D eigenvalue weighted by atomic mass is 10.0. The highest BCUT2D eigenvalue weighted by atomic mass is 19.4. The Kier molecular flexibility index (Phi) is 3.96. The average Bonchev–Trinajstić information content (AvgIpc) is 3.42. The van der Waals surface area contributed by atoms with E-state index in [1.165, 1.54) is 35.9 Å². The molecule has 5 rings (SSSR count). The monoisotopic (exact) mass is 384 g/mol. The Hall–Kier alpha value is -2.76. The van der Waals surface area contributed by atoms with Crippen LogP contribution in [0.2, 0.25) is 0 Å². The van der Waals surface area contributed by atoms with Crippen molar-refractivity contribution in [3.05, 3.63) is 65.4 Å². The highest BCUT2D eigenvalue weighted by Crippen LogP contribution is 2.47. The van der Waals surface area contributed by atoms with Gasteiger partial charge in [0.25, 0.3) is 0 Å². The van der Waals surface area contributed by atoms with E-state index in [9.17, 15) is 13.2 Å². The number of ether oxygens (including phenoxy) is 1. The van der Waals surface area contributed by atoms with Gasteiger partial charge in [-0.15, -0.1) is 13.2 Å². The Labute approximate surface area is 160 Å². The Morgan fingerprint density at radius 2 is 1.86 bits per heavy atom. The van der Waals surface area contributed by atoms with E-state index in [0.717, 1.165) is 28.8 Å². The lowest BCUT2D eigenvalue weighted by Gasteiger charge is -2.19. The zero-order valence-electron chi connectivity index (χ0n) is 15.1. The molecule has 1 aromatic heterocycles. The van der Waals surface area contributed by atoms with Crippen LogP contribution in [0, 0.1) is 0 Å². The Morgan fingerprint density at radius 1 is 1.04 bits per heavy atom. The summed E-state index contributed by atoms with van der Waals surface area (Å²) in [5, 5.41) is 5.94. The van der Waals surface area contributed by atoms with Crippen molar-refractivity contribution in [3.63, 3.8) is 0 Å². The number of nitrogens with zero attached hydrogens (tertiary/aromatic N) is 1. The summed E-state index contributed by atoms with van der Waals surface area (Å²) >= 11 is 0. The van der Waals surface area contributed by atoms with Crippen LogP contribution in [0.1, 0.15) is 47.9 Å².